The highest BCUT2D eigenvalue weighted by molar-refractivity contribution is 5.95. The summed E-state index contributed by atoms with van der Waals surface area (Å²) in [5.74, 6) is 0.546. The Morgan fingerprint density at radius 3 is 2.32 bits per heavy atom. The standard InChI is InChI=1S/C24H24F2N2O3/c1-28(16-17-11-13-20(14-12-17)31-24(25)26)22(18-7-4-3-5-8-18)23(29)27-19-9-6-10-21(15-19)30-2/h3-15,22,24H,16H2,1-2H3,(H,27,29). The predicted octanol–water partition coefficient (Wildman–Crippen LogP) is 5.11. The maximum absolute atomic E-state index is 13.2. The van der Waals surface area contributed by atoms with Gasteiger partial charge in [0, 0.05) is 18.3 Å². The molecule has 0 aliphatic rings. The van der Waals surface area contributed by atoms with E-state index in [1.807, 2.05) is 42.3 Å². The van der Waals surface area contributed by atoms with E-state index in [9.17, 15) is 13.6 Å². The van der Waals surface area contributed by atoms with Crippen LogP contribution in [0.1, 0.15) is 17.2 Å². The number of alkyl halides is 2. The second-order valence-electron chi connectivity index (χ2n) is 6.97. The number of anilines is 1. The Kier molecular flexibility index (Phi) is 7.56. The zero-order valence-electron chi connectivity index (χ0n) is 17.3. The van der Waals surface area contributed by atoms with Gasteiger partial charge >= 0.3 is 6.61 Å². The van der Waals surface area contributed by atoms with Crippen molar-refractivity contribution in [2.75, 3.05) is 19.5 Å². The molecular weight excluding hydrogens is 402 g/mol. The van der Waals surface area contributed by atoms with Crippen molar-refractivity contribution in [1.29, 1.82) is 0 Å². The molecule has 1 atom stereocenters. The molecule has 1 unspecified atom stereocenters. The molecule has 7 heteroatoms. The van der Waals surface area contributed by atoms with Crippen molar-refractivity contribution >= 4 is 11.6 Å². The van der Waals surface area contributed by atoms with Gasteiger partial charge in [0.2, 0.25) is 5.91 Å². The zero-order chi connectivity index (χ0) is 22.2. The highest BCUT2D eigenvalue weighted by atomic mass is 19.3. The van der Waals surface area contributed by atoms with Crippen LogP contribution in [0.2, 0.25) is 0 Å². The fourth-order valence-electron chi connectivity index (χ4n) is 3.31. The van der Waals surface area contributed by atoms with Crippen LogP contribution in [-0.2, 0) is 11.3 Å². The molecule has 31 heavy (non-hydrogen) atoms. The summed E-state index contributed by atoms with van der Waals surface area (Å²) in [5, 5.41) is 2.95. The predicted molar refractivity (Wildman–Crippen MR) is 115 cm³/mol. The van der Waals surface area contributed by atoms with Crippen LogP contribution in [0.25, 0.3) is 0 Å². The second kappa shape index (κ2) is 10.5. The third kappa shape index (κ3) is 6.26. The van der Waals surface area contributed by atoms with Crippen molar-refractivity contribution in [1.82, 2.24) is 4.90 Å². The molecule has 0 spiro atoms. The summed E-state index contributed by atoms with van der Waals surface area (Å²) in [6, 6.07) is 22.4. The molecule has 3 aromatic rings. The van der Waals surface area contributed by atoms with Crippen molar-refractivity contribution in [3.05, 3.63) is 90.0 Å². The van der Waals surface area contributed by atoms with Gasteiger partial charge in [0.1, 0.15) is 17.5 Å². The molecule has 0 bridgehead atoms. The maximum atomic E-state index is 13.2. The number of hydrogen-bond donors (Lipinski definition) is 1. The lowest BCUT2D eigenvalue weighted by molar-refractivity contribution is -0.121. The molecule has 0 radical (unpaired) electrons. The fraction of sp³-hybridized carbons (Fsp3) is 0.208. The number of nitrogens with zero attached hydrogens (tertiary/aromatic N) is 1. The normalized spacial score (nSPS) is 11.9. The van der Waals surface area contributed by atoms with Crippen LogP contribution in [0.15, 0.2) is 78.9 Å². The van der Waals surface area contributed by atoms with Crippen molar-refractivity contribution in [2.45, 2.75) is 19.2 Å². The fourth-order valence-corrected chi connectivity index (χ4v) is 3.31. The minimum atomic E-state index is -2.86. The highest BCUT2D eigenvalue weighted by Gasteiger charge is 2.25. The number of rotatable bonds is 9. The Balaban J connectivity index is 1.79. The first kappa shape index (κ1) is 22.2. The minimum absolute atomic E-state index is 0.0942. The average Bonchev–Trinajstić information content (AvgIpc) is 2.76. The van der Waals surface area contributed by atoms with Gasteiger partial charge in [-0.2, -0.15) is 8.78 Å². The lowest BCUT2D eigenvalue weighted by Gasteiger charge is -2.28. The van der Waals surface area contributed by atoms with Gasteiger partial charge in [-0.3, -0.25) is 9.69 Å². The summed E-state index contributed by atoms with van der Waals surface area (Å²) in [6.45, 7) is -2.43. The Hall–Kier alpha value is -3.45. The Bertz CT molecular complexity index is 982. The Morgan fingerprint density at radius 1 is 0.968 bits per heavy atom. The number of methoxy groups -OCH3 is 1. The number of carbonyl (C=O) groups is 1. The molecule has 0 aliphatic carbocycles. The first-order chi connectivity index (χ1) is 15.0. The van der Waals surface area contributed by atoms with Gasteiger partial charge < -0.3 is 14.8 Å². The third-order valence-corrected chi connectivity index (χ3v) is 4.72. The van der Waals surface area contributed by atoms with Crippen LogP contribution < -0.4 is 14.8 Å². The van der Waals surface area contributed by atoms with Crippen LogP contribution in [-0.4, -0.2) is 31.6 Å². The van der Waals surface area contributed by atoms with E-state index in [2.05, 4.69) is 10.1 Å². The maximum Gasteiger partial charge on any atom is 0.387 e. The number of carbonyl (C=O) groups excluding carboxylic acids is 1. The van der Waals surface area contributed by atoms with Gasteiger partial charge in [0.05, 0.1) is 7.11 Å². The summed E-state index contributed by atoms with van der Waals surface area (Å²) in [4.78, 5) is 15.1. The lowest BCUT2D eigenvalue weighted by atomic mass is 10.0. The molecule has 3 aromatic carbocycles. The van der Waals surface area contributed by atoms with E-state index in [0.29, 0.717) is 18.0 Å². The summed E-state index contributed by atoms with van der Waals surface area (Å²) >= 11 is 0. The average molecular weight is 426 g/mol. The number of nitrogens with one attached hydrogen (secondary N) is 1. The number of halogens is 2. The van der Waals surface area contributed by atoms with Crippen LogP contribution in [0, 0.1) is 0 Å². The van der Waals surface area contributed by atoms with Crippen molar-refractivity contribution in [2.24, 2.45) is 0 Å². The molecular formula is C24H24F2N2O3. The molecule has 162 valence electrons. The van der Waals surface area contributed by atoms with Crippen molar-refractivity contribution in [3.8, 4) is 11.5 Å². The molecule has 0 aliphatic heterocycles. The monoisotopic (exact) mass is 426 g/mol. The third-order valence-electron chi connectivity index (χ3n) is 4.72. The zero-order valence-corrected chi connectivity index (χ0v) is 17.3. The Labute approximate surface area is 180 Å². The molecule has 1 amide bonds. The molecule has 5 nitrogen and oxygen atoms in total. The molecule has 0 saturated carbocycles. The molecule has 0 heterocycles. The number of benzene rings is 3. The summed E-state index contributed by atoms with van der Waals surface area (Å²) in [6.07, 6.45) is 0. The van der Waals surface area contributed by atoms with Crippen LogP contribution in [0.3, 0.4) is 0 Å². The van der Waals surface area contributed by atoms with E-state index in [-0.39, 0.29) is 11.7 Å². The molecule has 1 N–H and O–H groups in total. The van der Waals surface area contributed by atoms with Crippen molar-refractivity contribution in [3.63, 3.8) is 0 Å². The largest absolute Gasteiger partial charge is 0.497 e. The van der Waals surface area contributed by atoms with Crippen molar-refractivity contribution < 1.29 is 23.0 Å². The highest BCUT2D eigenvalue weighted by Crippen LogP contribution is 2.25. The molecule has 0 aromatic heterocycles. The van der Waals surface area contributed by atoms with Crippen LogP contribution in [0.5, 0.6) is 11.5 Å². The van der Waals surface area contributed by atoms with E-state index in [0.717, 1.165) is 11.1 Å². The summed E-state index contributed by atoms with van der Waals surface area (Å²) in [5.41, 5.74) is 2.33. The molecule has 0 fully saturated rings. The van der Waals surface area contributed by atoms with Gasteiger partial charge in [-0.15, -0.1) is 0 Å². The number of amides is 1. The number of ether oxygens (including phenoxy) is 2. The second-order valence-corrected chi connectivity index (χ2v) is 6.97. The van der Waals surface area contributed by atoms with E-state index in [4.69, 9.17) is 4.74 Å². The van der Waals surface area contributed by atoms with E-state index in [1.54, 1.807) is 43.5 Å². The topological polar surface area (TPSA) is 50.8 Å². The molecule has 0 saturated heterocycles. The van der Waals surface area contributed by atoms with Gasteiger partial charge in [-0.05, 0) is 42.4 Å². The number of likely N-dealkylation sites (N-methyl/N-ethyl adjacent to an activating group) is 1. The van der Waals surface area contributed by atoms with Gasteiger partial charge in [-0.25, -0.2) is 0 Å². The van der Waals surface area contributed by atoms with Gasteiger partial charge in [-0.1, -0.05) is 48.5 Å². The van der Waals surface area contributed by atoms with Gasteiger partial charge in [0.25, 0.3) is 0 Å². The Morgan fingerprint density at radius 2 is 1.68 bits per heavy atom. The minimum Gasteiger partial charge on any atom is -0.497 e. The van der Waals surface area contributed by atoms with Crippen LogP contribution >= 0.6 is 0 Å². The summed E-state index contributed by atoms with van der Waals surface area (Å²) < 4.78 is 34.3. The van der Waals surface area contributed by atoms with Crippen LogP contribution in [0.4, 0.5) is 14.5 Å². The smallest absolute Gasteiger partial charge is 0.387 e. The first-order valence-electron chi connectivity index (χ1n) is 9.70. The first-order valence-corrected chi connectivity index (χ1v) is 9.70. The van der Waals surface area contributed by atoms with E-state index in [1.165, 1.54) is 12.1 Å². The van der Waals surface area contributed by atoms with Gasteiger partial charge in [0.15, 0.2) is 0 Å². The van der Waals surface area contributed by atoms with E-state index >= 15 is 0 Å². The quantitative estimate of drug-likeness (QED) is 0.517. The van der Waals surface area contributed by atoms with E-state index < -0.39 is 12.7 Å². The number of hydrogen-bond acceptors (Lipinski definition) is 4. The lowest BCUT2D eigenvalue weighted by Crippen LogP contribution is -2.34. The SMILES string of the molecule is COc1cccc(NC(=O)C(c2ccccc2)N(C)Cc2ccc(OC(F)F)cc2)c1. The summed E-state index contributed by atoms with van der Waals surface area (Å²) in [7, 11) is 3.41. The molecule has 3 rings (SSSR count).